The average molecular weight is 557 g/mol. The fourth-order valence-electron chi connectivity index (χ4n) is 5.83. The Morgan fingerprint density at radius 2 is 1.62 bits per heavy atom. The summed E-state index contributed by atoms with van der Waals surface area (Å²) in [4.78, 5) is 20.4. The number of aromatic nitrogens is 1. The Balaban J connectivity index is 1.45. The molecule has 0 radical (unpaired) electrons. The van der Waals surface area contributed by atoms with Crippen molar-refractivity contribution in [2.45, 2.75) is 26.6 Å². The third kappa shape index (κ3) is 5.50. The Bertz CT molecular complexity index is 1360. The number of methoxy groups -OCH3 is 1. The summed E-state index contributed by atoms with van der Waals surface area (Å²) in [6.07, 6.45) is -4.43. The van der Waals surface area contributed by atoms with Gasteiger partial charge in [-0.25, -0.2) is 0 Å². The van der Waals surface area contributed by atoms with Crippen LogP contribution in [-0.4, -0.2) is 75.0 Å². The summed E-state index contributed by atoms with van der Waals surface area (Å²) in [6, 6.07) is 13.2. The molecule has 2 saturated heterocycles. The van der Waals surface area contributed by atoms with Gasteiger partial charge in [0.05, 0.1) is 37.3 Å². The Labute approximate surface area is 232 Å². The van der Waals surface area contributed by atoms with E-state index < -0.39 is 11.7 Å². The Kier molecular flexibility index (Phi) is 7.98. The zero-order valence-corrected chi connectivity index (χ0v) is 23.1. The minimum absolute atomic E-state index is 0.105. The third-order valence-electron chi connectivity index (χ3n) is 7.85. The second-order valence-electron chi connectivity index (χ2n) is 10.2. The molecule has 0 unspecified atom stereocenters. The van der Waals surface area contributed by atoms with E-state index in [2.05, 4.69) is 9.80 Å². The summed E-state index contributed by atoms with van der Waals surface area (Å²) in [7, 11) is 1.65. The van der Waals surface area contributed by atoms with E-state index in [4.69, 9.17) is 9.47 Å². The van der Waals surface area contributed by atoms with Gasteiger partial charge in [-0.1, -0.05) is 24.3 Å². The molecule has 0 N–H and O–H groups in total. The highest BCUT2D eigenvalue weighted by molar-refractivity contribution is 5.97. The zero-order chi connectivity index (χ0) is 28.4. The third-order valence-corrected chi connectivity index (χ3v) is 7.85. The molecule has 214 valence electrons. The topological polar surface area (TPSA) is 50.2 Å². The van der Waals surface area contributed by atoms with E-state index in [1.54, 1.807) is 13.2 Å². The van der Waals surface area contributed by atoms with Crippen molar-refractivity contribution in [3.63, 3.8) is 0 Å². The molecule has 7 nitrogen and oxygen atoms in total. The highest BCUT2D eigenvalue weighted by atomic mass is 19.4. The van der Waals surface area contributed by atoms with Gasteiger partial charge in [0, 0.05) is 57.1 Å². The van der Waals surface area contributed by atoms with Crippen molar-refractivity contribution >= 4 is 17.3 Å². The number of halogens is 3. The number of amides is 1. The maximum atomic E-state index is 14.1. The Morgan fingerprint density at radius 1 is 0.925 bits per heavy atom. The predicted molar refractivity (Wildman–Crippen MR) is 149 cm³/mol. The SMILES string of the molecule is COc1ccccc1N1CCN(C(=O)c2c(C)c(N3CCOCC3)c(C)n2Cc2cccc(C(F)(F)F)c2)CC1. The number of rotatable bonds is 6. The quantitative estimate of drug-likeness (QED) is 0.429. The van der Waals surface area contributed by atoms with Crippen LogP contribution in [0.3, 0.4) is 0 Å². The first-order valence-electron chi connectivity index (χ1n) is 13.5. The maximum Gasteiger partial charge on any atom is 0.416 e. The van der Waals surface area contributed by atoms with Gasteiger partial charge >= 0.3 is 6.18 Å². The molecule has 2 aromatic carbocycles. The number of ether oxygens (including phenoxy) is 2. The number of nitrogens with zero attached hydrogens (tertiary/aromatic N) is 4. The molecule has 1 aromatic heterocycles. The number of alkyl halides is 3. The van der Waals surface area contributed by atoms with E-state index in [-0.39, 0.29) is 12.5 Å². The van der Waals surface area contributed by atoms with Crippen molar-refractivity contribution in [2.24, 2.45) is 0 Å². The molecule has 0 atom stereocenters. The van der Waals surface area contributed by atoms with E-state index in [1.165, 1.54) is 12.1 Å². The fourth-order valence-corrected chi connectivity index (χ4v) is 5.83. The molecule has 5 rings (SSSR count). The molecule has 40 heavy (non-hydrogen) atoms. The summed E-state index contributed by atoms with van der Waals surface area (Å²) < 4.78 is 53.3. The number of carbonyl (C=O) groups is 1. The van der Waals surface area contributed by atoms with Crippen molar-refractivity contribution in [1.82, 2.24) is 9.47 Å². The number of hydrogen-bond acceptors (Lipinski definition) is 5. The summed E-state index contributed by atoms with van der Waals surface area (Å²) in [6.45, 7) is 8.97. The van der Waals surface area contributed by atoms with Gasteiger partial charge in [-0.3, -0.25) is 4.79 Å². The van der Waals surface area contributed by atoms with Crippen LogP contribution in [0.5, 0.6) is 5.75 Å². The van der Waals surface area contributed by atoms with E-state index in [9.17, 15) is 18.0 Å². The van der Waals surface area contributed by atoms with Crippen molar-refractivity contribution in [3.8, 4) is 5.75 Å². The largest absolute Gasteiger partial charge is 0.495 e. The molecule has 2 fully saturated rings. The second-order valence-corrected chi connectivity index (χ2v) is 10.2. The number of anilines is 2. The molecular weight excluding hydrogens is 521 g/mol. The minimum Gasteiger partial charge on any atom is -0.495 e. The van der Waals surface area contributed by atoms with Crippen LogP contribution in [0.2, 0.25) is 0 Å². The molecule has 3 heterocycles. The highest BCUT2D eigenvalue weighted by Gasteiger charge is 2.33. The molecular formula is C30H35F3N4O3. The van der Waals surface area contributed by atoms with Gasteiger partial charge in [-0.15, -0.1) is 0 Å². The lowest BCUT2D eigenvalue weighted by Crippen LogP contribution is -2.49. The van der Waals surface area contributed by atoms with Gasteiger partial charge in [0.2, 0.25) is 0 Å². The van der Waals surface area contributed by atoms with Crippen molar-refractivity contribution in [2.75, 3.05) is 69.4 Å². The number of piperazine rings is 1. The van der Waals surface area contributed by atoms with E-state index in [1.807, 2.05) is 47.6 Å². The molecule has 0 aliphatic carbocycles. The van der Waals surface area contributed by atoms with Crippen molar-refractivity contribution < 1.29 is 27.4 Å². The van der Waals surface area contributed by atoms with Gasteiger partial charge in [0.15, 0.2) is 0 Å². The number of para-hydroxylation sites is 2. The van der Waals surface area contributed by atoms with Crippen LogP contribution in [0.15, 0.2) is 48.5 Å². The summed E-state index contributed by atoms with van der Waals surface area (Å²) >= 11 is 0. The number of benzene rings is 2. The first kappa shape index (κ1) is 27.9. The monoisotopic (exact) mass is 556 g/mol. The highest BCUT2D eigenvalue weighted by Crippen LogP contribution is 2.35. The van der Waals surface area contributed by atoms with Gasteiger partial charge in [-0.2, -0.15) is 13.2 Å². The first-order valence-corrected chi connectivity index (χ1v) is 13.5. The lowest BCUT2D eigenvalue weighted by molar-refractivity contribution is -0.137. The number of hydrogen-bond donors (Lipinski definition) is 0. The minimum atomic E-state index is -4.43. The fraction of sp³-hybridized carbons (Fsp3) is 0.433. The number of carbonyl (C=O) groups excluding carboxylic acids is 1. The Morgan fingerprint density at radius 3 is 2.30 bits per heavy atom. The van der Waals surface area contributed by atoms with Gasteiger partial charge < -0.3 is 28.7 Å². The molecule has 0 spiro atoms. The van der Waals surface area contributed by atoms with Crippen LogP contribution in [-0.2, 0) is 17.5 Å². The predicted octanol–water partition coefficient (Wildman–Crippen LogP) is 4.98. The second kappa shape index (κ2) is 11.4. The van der Waals surface area contributed by atoms with Crippen LogP contribution in [0.1, 0.15) is 32.9 Å². The molecule has 2 aliphatic heterocycles. The first-order chi connectivity index (χ1) is 19.2. The van der Waals surface area contributed by atoms with Gasteiger partial charge in [0.1, 0.15) is 11.4 Å². The van der Waals surface area contributed by atoms with Crippen LogP contribution < -0.4 is 14.5 Å². The Hall–Kier alpha value is -3.66. The molecule has 3 aromatic rings. The van der Waals surface area contributed by atoms with Gasteiger partial charge in [0.25, 0.3) is 5.91 Å². The average Bonchev–Trinajstić information content (AvgIpc) is 3.21. The van der Waals surface area contributed by atoms with Crippen LogP contribution >= 0.6 is 0 Å². The molecule has 1 amide bonds. The van der Waals surface area contributed by atoms with Crippen molar-refractivity contribution in [3.05, 3.63) is 76.6 Å². The zero-order valence-electron chi connectivity index (χ0n) is 23.1. The maximum absolute atomic E-state index is 14.1. The lowest BCUT2D eigenvalue weighted by Gasteiger charge is -2.37. The lowest BCUT2D eigenvalue weighted by atomic mass is 10.1. The van der Waals surface area contributed by atoms with E-state index >= 15 is 0 Å². The van der Waals surface area contributed by atoms with E-state index in [0.717, 1.165) is 34.4 Å². The molecule has 0 bridgehead atoms. The molecule has 0 saturated carbocycles. The normalized spacial score (nSPS) is 16.4. The standard InChI is InChI=1S/C30H35F3N4O3/c1-21-27(35-15-17-40-18-16-35)22(2)37(20-23-7-6-8-24(19-23)30(31,32)33)28(21)29(38)36-13-11-34(12-14-36)25-9-4-5-10-26(25)39-3/h4-10,19H,11-18,20H2,1-3H3. The summed E-state index contributed by atoms with van der Waals surface area (Å²) in [5.41, 5.74) is 4.01. The number of morpholine rings is 1. The summed E-state index contributed by atoms with van der Waals surface area (Å²) in [5, 5.41) is 0. The van der Waals surface area contributed by atoms with Crippen LogP contribution in [0.4, 0.5) is 24.5 Å². The molecule has 10 heteroatoms. The molecule has 2 aliphatic rings. The van der Waals surface area contributed by atoms with Gasteiger partial charge in [-0.05, 0) is 43.7 Å². The van der Waals surface area contributed by atoms with Crippen LogP contribution in [0, 0.1) is 13.8 Å². The van der Waals surface area contributed by atoms with Crippen LogP contribution in [0.25, 0.3) is 0 Å². The smallest absolute Gasteiger partial charge is 0.416 e. The van der Waals surface area contributed by atoms with E-state index in [0.29, 0.717) is 63.7 Å². The summed E-state index contributed by atoms with van der Waals surface area (Å²) in [5.74, 6) is 0.686. The van der Waals surface area contributed by atoms with Crippen molar-refractivity contribution in [1.29, 1.82) is 0 Å².